The van der Waals surface area contributed by atoms with Crippen molar-refractivity contribution in [3.63, 3.8) is 0 Å². The summed E-state index contributed by atoms with van der Waals surface area (Å²) in [6.07, 6.45) is 1.68. The lowest BCUT2D eigenvalue weighted by Gasteiger charge is -2.15. The summed E-state index contributed by atoms with van der Waals surface area (Å²) in [4.78, 5) is 14.1. The zero-order valence-electron chi connectivity index (χ0n) is 9.43. The molecular formula is C10H14N4OS. The standard InChI is InChI=1S/C10H14N4OS/c1-3-5-8-9(16-13-12-8)10(15)14(4-2)7-6-11/h3-5,7H2,1-2H3. The van der Waals surface area contributed by atoms with Crippen molar-refractivity contribution in [2.24, 2.45) is 0 Å². The van der Waals surface area contributed by atoms with E-state index in [2.05, 4.69) is 9.59 Å². The van der Waals surface area contributed by atoms with Crippen molar-refractivity contribution in [1.82, 2.24) is 14.5 Å². The number of hydrogen-bond donors (Lipinski definition) is 0. The van der Waals surface area contributed by atoms with E-state index >= 15 is 0 Å². The highest BCUT2D eigenvalue weighted by Crippen LogP contribution is 2.15. The van der Waals surface area contributed by atoms with Crippen molar-refractivity contribution >= 4 is 17.4 Å². The molecule has 16 heavy (non-hydrogen) atoms. The Hall–Kier alpha value is -1.48. The molecule has 0 aliphatic heterocycles. The summed E-state index contributed by atoms with van der Waals surface area (Å²) >= 11 is 1.11. The number of nitrogens with zero attached hydrogens (tertiary/aromatic N) is 4. The van der Waals surface area contributed by atoms with Gasteiger partial charge in [0.15, 0.2) is 0 Å². The summed E-state index contributed by atoms with van der Waals surface area (Å²) in [6, 6.07) is 1.98. The first kappa shape index (κ1) is 12.6. The quantitative estimate of drug-likeness (QED) is 0.728. The van der Waals surface area contributed by atoms with Gasteiger partial charge in [0.25, 0.3) is 5.91 Å². The van der Waals surface area contributed by atoms with E-state index in [4.69, 9.17) is 5.26 Å². The lowest BCUT2D eigenvalue weighted by Crippen LogP contribution is -2.31. The van der Waals surface area contributed by atoms with Gasteiger partial charge in [0.1, 0.15) is 11.4 Å². The lowest BCUT2D eigenvalue weighted by atomic mass is 10.2. The van der Waals surface area contributed by atoms with Crippen molar-refractivity contribution in [1.29, 1.82) is 5.26 Å². The predicted octanol–water partition coefficient (Wildman–Crippen LogP) is 1.48. The molecule has 0 radical (unpaired) electrons. The van der Waals surface area contributed by atoms with Gasteiger partial charge in [0, 0.05) is 6.54 Å². The van der Waals surface area contributed by atoms with E-state index in [0.29, 0.717) is 11.4 Å². The molecule has 86 valence electrons. The zero-order chi connectivity index (χ0) is 12.0. The van der Waals surface area contributed by atoms with Crippen LogP contribution in [-0.2, 0) is 6.42 Å². The highest BCUT2D eigenvalue weighted by molar-refractivity contribution is 7.08. The fourth-order valence-electron chi connectivity index (χ4n) is 1.33. The summed E-state index contributed by atoms with van der Waals surface area (Å²) in [5.41, 5.74) is 0.744. The number of aryl methyl sites for hydroxylation is 1. The van der Waals surface area contributed by atoms with Crippen LogP contribution in [-0.4, -0.2) is 33.5 Å². The van der Waals surface area contributed by atoms with E-state index in [0.717, 1.165) is 30.1 Å². The van der Waals surface area contributed by atoms with Gasteiger partial charge in [-0.25, -0.2) is 0 Å². The maximum atomic E-state index is 12.0. The van der Waals surface area contributed by atoms with Crippen LogP contribution in [0.3, 0.4) is 0 Å². The molecule has 0 fully saturated rings. The molecule has 0 bridgehead atoms. The van der Waals surface area contributed by atoms with E-state index < -0.39 is 0 Å². The van der Waals surface area contributed by atoms with Gasteiger partial charge in [-0.3, -0.25) is 4.79 Å². The molecule has 0 spiro atoms. The number of carbonyl (C=O) groups excluding carboxylic acids is 1. The average molecular weight is 238 g/mol. The molecule has 0 unspecified atom stereocenters. The second-order valence-electron chi connectivity index (χ2n) is 3.28. The first-order chi connectivity index (χ1) is 7.74. The van der Waals surface area contributed by atoms with Gasteiger partial charge in [0.2, 0.25) is 0 Å². The van der Waals surface area contributed by atoms with Crippen LogP contribution in [0, 0.1) is 11.3 Å². The van der Waals surface area contributed by atoms with Gasteiger partial charge in [-0.05, 0) is 24.9 Å². The molecule has 0 saturated heterocycles. The maximum Gasteiger partial charge on any atom is 0.268 e. The second-order valence-corrected chi connectivity index (χ2v) is 4.03. The summed E-state index contributed by atoms with van der Waals surface area (Å²) in [5, 5.41) is 12.6. The molecule has 0 aliphatic rings. The number of nitriles is 1. The van der Waals surface area contributed by atoms with E-state index in [9.17, 15) is 4.79 Å². The van der Waals surface area contributed by atoms with Gasteiger partial charge in [0.05, 0.1) is 11.8 Å². The van der Waals surface area contributed by atoms with Crippen LogP contribution in [0.2, 0.25) is 0 Å². The van der Waals surface area contributed by atoms with Crippen molar-refractivity contribution < 1.29 is 4.79 Å². The zero-order valence-corrected chi connectivity index (χ0v) is 10.3. The molecule has 6 heteroatoms. The summed E-state index contributed by atoms with van der Waals surface area (Å²) in [6.45, 7) is 4.51. The van der Waals surface area contributed by atoms with E-state index in [-0.39, 0.29) is 12.5 Å². The first-order valence-electron chi connectivity index (χ1n) is 5.22. The number of aromatic nitrogens is 2. The third-order valence-corrected chi connectivity index (χ3v) is 2.92. The molecule has 0 saturated carbocycles. The number of amides is 1. The van der Waals surface area contributed by atoms with Crippen LogP contribution >= 0.6 is 11.5 Å². The largest absolute Gasteiger partial charge is 0.325 e. The van der Waals surface area contributed by atoms with Crippen molar-refractivity contribution in [3.8, 4) is 6.07 Å². The van der Waals surface area contributed by atoms with Gasteiger partial charge in [-0.1, -0.05) is 17.8 Å². The minimum Gasteiger partial charge on any atom is -0.325 e. The van der Waals surface area contributed by atoms with Crippen LogP contribution in [0.1, 0.15) is 35.6 Å². The SMILES string of the molecule is CCCc1nnsc1C(=O)N(CC)CC#N. The van der Waals surface area contributed by atoms with Gasteiger partial charge < -0.3 is 4.90 Å². The van der Waals surface area contributed by atoms with Gasteiger partial charge >= 0.3 is 0 Å². The van der Waals surface area contributed by atoms with E-state index in [1.54, 1.807) is 0 Å². The minimum absolute atomic E-state index is 0.110. The molecule has 0 atom stereocenters. The lowest BCUT2D eigenvalue weighted by molar-refractivity contribution is 0.0787. The first-order valence-corrected chi connectivity index (χ1v) is 5.99. The highest BCUT2D eigenvalue weighted by atomic mass is 32.1. The van der Waals surface area contributed by atoms with Gasteiger partial charge in [-0.15, -0.1) is 5.10 Å². The molecule has 1 aromatic rings. The van der Waals surface area contributed by atoms with Crippen LogP contribution in [0.5, 0.6) is 0 Å². The Morgan fingerprint density at radius 2 is 2.31 bits per heavy atom. The smallest absolute Gasteiger partial charge is 0.268 e. The molecule has 1 heterocycles. The fourth-order valence-corrected chi connectivity index (χ4v) is 2.00. The highest BCUT2D eigenvalue weighted by Gasteiger charge is 2.20. The third kappa shape index (κ3) is 2.76. The number of rotatable bonds is 5. The van der Waals surface area contributed by atoms with Gasteiger partial charge in [-0.2, -0.15) is 5.26 Å². The molecule has 0 N–H and O–H groups in total. The summed E-state index contributed by atoms with van der Waals surface area (Å²) in [5.74, 6) is -0.137. The Labute approximate surface area is 98.9 Å². The molecule has 0 aliphatic carbocycles. The van der Waals surface area contributed by atoms with Crippen molar-refractivity contribution in [2.75, 3.05) is 13.1 Å². The predicted molar refractivity (Wildman–Crippen MR) is 61.1 cm³/mol. The summed E-state index contributed by atoms with van der Waals surface area (Å²) < 4.78 is 3.80. The Bertz CT molecular complexity index is 396. The Morgan fingerprint density at radius 1 is 1.56 bits per heavy atom. The van der Waals surface area contributed by atoms with Crippen LogP contribution in [0.4, 0.5) is 0 Å². The molecule has 5 nitrogen and oxygen atoms in total. The fraction of sp³-hybridized carbons (Fsp3) is 0.600. The Balaban J connectivity index is 2.86. The van der Waals surface area contributed by atoms with Crippen LogP contribution < -0.4 is 0 Å². The Morgan fingerprint density at radius 3 is 2.88 bits per heavy atom. The monoisotopic (exact) mass is 238 g/mol. The average Bonchev–Trinajstić information content (AvgIpc) is 2.73. The minimum atomic E-state index is -0.137. The maximum absolute atomic E-state index is 12.0. The molecule has 1 amide bonds. The summed E-state index contributed by atoms with van der Waals surface area (Å²) in [7, 11) is 0. The number of carbonyl (C=O) groups is 1. The molecular weight excluding hydrogens is 224 g/mol. The second kappa shape index (κ2) is 6.18. The molecule has 1 rings (SSSR count). The van der Waals surface area contributed by atoms with Crippen molar-refractivity contribution in [2.45, 2.75) is 26.7 Å². The third-order valence-electron chi connectivity index (χ3n) is 2.17. The normalized spacial score (nSPS) is 9.81. The Kier molecular flexibility index (Phi) is 4.86. The van der Waals surface area contributed by atoms with E-state index in [1.807, 2.05) is 19.9 Å². The number of hydrogen-bond acceptors (Lipinski definition) is 5. The van der Waals surface area contributed by atoms with Crippen LogP contribution in [0.15, 0.2) is 0 Å². The molecule has 0 aromatic carbocycles. The van der Waals surface area contributed by atoms with Crippen LogP contribution in [0.25, 0.3) is 0 Å². The van der Waals surface area contributed by atoms with E-state index in [1.165, 1.54) is 4.90 Å². The topological polar surface area (TPSA) is 69.9 Å². The van der Waals surface area contributed by atoms with Crippen molar-refractivity contribution in [3.05, 3.63) is 10.6 Å². The molecule has 1 aromatic heterocycles.